The summed E-state index contributed by atoms with van der Waals surface area (Å²) in [5.74, 6) is 0. The van der Waals surface area contributed by atoms with Gasteiger partial charge in [-0.15, -0.1) is 0 Å². The molecule has 0 aliphatic carbocycles. The van der Waals surface area contributed by atoms with E-state index < -0.39 is 0 Å². The molecule has 0 aromatic carbocycles. The SMILES string of the molecule is CN1CCN(NCCN2CCOCC2)CC1. The van der Waals surface area contributed by atoms with Crippen LogP contribution < -0.4 is 5.43 Å². The molecule has 94 valence electrons. The first kappa shape index (κ1) is 12.3. The fourth-order valence-corrected chi connectivity index (χ4v) is 2.16. The maximum atomic E-state index is 5.33. The van der Waals surface area contributed by atoms with E-state index >= 15 is 0 Å². The van der Waals surface area contributed by atoms with Crippen LogP contribution in [0.3, 0.4) is 0 Å². The summed E-state index contributed by atoms with van der Waals surface area (Å²) in [7, 11) is 2.19. The Balaban J connectivity index is 1.53. The van der Waals surface area contributed by atoms with Gasteiger partial charge in [-0.1, -0.05) is 0 Å². The highest BCUT2D eigenvalue weighted by Crippen LogP contribution is 1.97. The largest absolute Gasteiger partial charge is 0.379 e. The van der Waals surface area contributed by atoms with Gasteiger partial charge in [-0.05, 0) is 7.05 Å². The monoisotopic (exact) mass is 228 g/mol. The predicted molar refractivity (Wildman–Crippen MR) is 64.3 cm³/mol. The molecule has 2 rings (SSSR count). The first-order valence-electron chi connectivity index (χ1n) is 6.32. The zero-order valence-corrected chi connectivity index (χ0v) is 10.3. The fourth-order valence-electron chi connectivity index (χ4n) is 2.16. The summed E-state index contributed by atoms with van der Waals surface area (Å²) < 4.78 is 5.33. The van der Waals surface area contributed by atoms with Crippen LogP contribution in [-0.4, -0.2) is 87.4 Å². The van der Waals surface area contributed by atoms with E-state index in [1.54, 1.807) is 0 Å². The number of rotatable bonds is 4. The van der Waals surface area contributed by atoms with Crippen LogP contribution in [-0.2, 0) is 4.74 Å². The van der Waals surface area contributed by atoms with E-state index in [4.69, 9.17) is 4.74 Å². The van der Waals surface area contributed by atoms with Gasteiger partial charge in [0.25, 0.3) is 0 Å². The summed E-state index contributed by atoms with van der Waals surface area (Å²) in [4.78, 5) is 4.84. The van der Waals surface area contributed by atoms with Crippen LogP contribution in [0.1, 0.15) is 0 Å². The van der Waals surface area contributed by atoms with Gasteiger partial charge in [0.15, 0.2) is 0 Å². The molecule has 0 saturated carbocycles. The van der Waals surface area contributed by atoms with Crippen LogP contribution in [0.2, 0.25) is 0 Å². The first-order chi connectivity index (χ1) is 7.84. The second kappa shape index (κ2) is 6.51. The van der Waals surface area contributed by atoms with Gasteiger partial charge < -0.3 is 9.64 Å². The van der Waals surface area contributed by atoms with Crippen LogP contribution >= 0.6 is 0 Å². The second-order valence-electron chi connectivity index (χ2n) is 4.65. The van der Waals surface area contributed by atoms with Crippen LogP contribution in [0.5, 0.6) is 0 Å². The highest BCUT2D eigenvalue weighted by atomic mass is 16.5. The normalized spacial score (nSPS) is 26.1. The van der Waals surface area contributed by atoms with E-state index in [2.05, 4.69) is 27.3 Å². The summed E-state index contributed by atoms with van der Waals surface area (Å²) in [6.45, 7) is 10.8. The Morgan fingerprint density at radius 3 is 2.38 bits per heavy atom. The highest BCUT2D eigenvalue weighted by molar-refractivity contribution is 4.67. The lowest BCUT2D eigenvalue weighted by atomic mass is 10.4. The molecular weight excluding hydrogens is 204 g/mol. The molecule has 0 radical (unpaired) electrons. The molecule has 0 bridgehead atoms. The number of hydrazine groups is 1. The molecule has 0 atom stereocenters. The van der Waals surface area contributed by atoms with Gasteiger partial charge in [-0.3, -0.25) is 10.3 Å². The molecule has 0 amide bonds. The van der Waals surface area contributed by atoms with Gasteiger partial charge in [0.05, 0.1) is 13.2 Å². The Hall–Kier alpha value is -0.200. The maximum absolute atomic E-state index is 5.33. The number of nitrogens with one attached hydrogen (secondary N) is 1. The van der Waals surface area contributed by atoms with E-state index in [0.717, 1.165) is 52.5 Å². The van der Waals surface area contributed by atoms with Crippen molar-refractivity contribution in [1.29, 1.82) is 0 Å². The van der Waals surface area contributed by atoms with Gasteiger partial charge in [0, 0.05) is 52.4 Å². The van der Waals surface area contributed by atoms with Crippen molar-refractivity contribution in [3.8, 4) is 0 Å². The van der Waals surface area contributed by atoms with Crippen molar-refractivity contribution >= 4 is 0 Å². The lowest BCUT2D eigenvalue weighted by molar-refractivity contribution is 0.0327. The zero-order chi connectivity index (χ0) is 11.2. The zero-order valence-electron chi connectivity index (χ0n) is 10.3. The summed E-state index contributed by atoms with van der Waals surface area (Å²) in [6.07, 6.45) is 0. The number of piperazine rings is 1. The summed E-state index contributed by atoms with van der Waals surface area (Å²) in [6, 6.07) is 0. The highest BCUT2D eigenvalue weighted by Gasteiger charge is 2.14. The molecule has 2 aliphatic rings. The Labute approximate surface area is 98.3 Å². The number of hydrogen-bond donors (Lipinski definition) is 1. The van der Waals surface area contributed by atoms with Crippen molar-refractivity contribution in [2.75, 3.05) is 72.6 Å². The van der Waals surface area contributed by atoms with E-state index in [9.17, 15) is 0 Å². The minimum atomic E-state index is 0.897. The Morgan fingerprint density at radius 1 is 1.00 bits per heavy atom. The molecule has 5 nitrogen and oxygen atoms in total. The van der Waals surface area contributed by atoms with Crippen LogP contribution in [0.25, 0.3) is 0 Å². The van der Waals surface area contributed by atoms with E-state index in [1.807, 2.05) is 0 Å². The van der Waals surface area contributed by atoms with Gasteiger partial charge >= 0.3 is 0 Å². The number of likely N-dealkylation sites (N-methyl/N-ethyl adjacent to an activating group) is 1. The van der Waals surface area contributed by atoms with E-state index in [0.29, 0.717) is 0 Å². The molecule has 0 unspecified atom stereocenters. The van der Waals surface area contributed by atoms with Crippen molar-refractivity contribution < 1.29 is 4.74 Å². The van der Waals surface area contributed by atoms with Gasteiger partial charge in [0.1, 0.15) is 0 Å². The van der Waals surface area contributed by atoms with Gasteiger partial charge in [0.2, 0.25) is 0 Å². The summed E-state index contributed by atoms with van der Waals surface area (Å²) >= 11 is 0. The molecule has 0 aromatic heterocycles. The van der Waals surface area contributed by atoms with Crippen LogP contribution in [0.15, 0.2) is 0 Å². The smallest absolute Gasteiger partial charge is 0.0594 e. The van der Waals surface area contributed by atoms with Crippen molar-refractivity contribution in [2.24, 2.45) is 0 Å². The third-order valence-corrected chi connectivity index (χ3v) is 3.37. The Morgan fingerprint density at radius 2 is 1.69 bits per heavy atom. The number of hydrogen-bond acceptors (Lipinski definition) is 5. The quantitative estimate of drug-likeness (QED) is 0.672. The number of nitrogens with zero attached hydrogens (tertiary/aromatic N) is 3. The molecule has 16 heavy (non-hydrogen) atoms. The lowest BCUT2D eigenvalue weighted by Gasteiger charge is -2.33. The predicted octanol–water partition coefficient (Wildman–Crippen LogP) is -0.929. The van der Waals surface area contributed by atoms with Crippen molar-refractivity contribution in [3.05, 3.63) is 0 Å². The number of morpholine rings is 1. The van der Waals surface area contributed by atoms with E-state index in [1.165, 1.54) is 13.1 Å². The Bertz CT molecular complexity index is 188. The molecule has 2 heterocycles. The Kier molecular flexibility index (Phi) is 4.99. The summed E-state index contributed by atoms with van der Waals surface area (Å²) in [5.41, 5.74) is 3.51. The molecule has 1 N–H and O–H groups in total. The lowest BCUT2D eigenvalue weighted by Crippen LogP contribution is -2.52. The maximum Gasteiger partial charge on any atom is 0.0594 e. The topological polar surface area (TPSA) is 31.0 Å². The van der Waals surface area contributed by atoms with Crippen LogP contribution in [0.4, 0.5) is 0 Å². The standard InChI is InChI=1S/C11H24N4O/c1-13-4-6-15(7-5-13)12-2-3-14-8-10-16-11-9-14/h12H,2-11H2,1H3. The molecular formula is C11H24N4O. The third-order valence-electron chi connectivity index (χ3n) is 3.37. The molecule has 2 fully saturated rings. The summed E-state index contributed by atoms with van der Waals surface area (Å²) in [5, 5.41) is 2.35. The number of ether oxygens (including phenoxy) is 1. The minimum absolute atomic E-state index is 0.897. The minimum Gasteiger partial charge on any atom is -0.379 e. The molecule has 0 aromatic rings. The van der Waals surface area contributed by atoms with Gasteiger partial charge in [-0.25, -0.2) is 5.01 Å². The van der Waals surface area contributed by atoms with Crippen molar-refractivity contribution in [1.82, 2.24) is 20.2 Å². The van der Waals surface area contributed by atoms with Gasteiger partial charge in [-0.2, -0.15) is 0 Å². The third kappa shape index (κ3) is 3.99. The average molecular weight is 228 g/mol. The van der Waals surface area contributed by atoms with Crippen molar-refractivity contribution in [3.63, 3.8) is 0 Å². The molecule has 5 heteroatoms. The second-order valence-corrected chi connectivity index (χ2v) is 4.65. The fraction of sp³-hybridized carbons (Fsp3) is 1.00. The van der Waals surface area contributed by atoms with Crippen LogP contribution in [0, 0.1) is 0 Å². The molecule has 2 aliphatic heterocycles. The van der Waals surface area contributed by atoms with Crippen molar-refractivity contribution in [2.45, 2.75) is 0 Å². The average Bonchev–Trinajstić information content (AvgIpc) is 2.33. The first-order valence-corrected chi connectivity index (χ1v) is 6.32. The molecule has 2 saturated heterocycles. The molecule has 0 spiro atoms. The van der Waals surface area contributed by atoms with E-state index in [-0.39, 0.29) is 0 Å².